The summed E-state index contributed by atoms with van der Waals surface area (Å²) < 4.78 is 7.86. The molecule has 0 amide bonds. The van der Waals surface area contributed by atoms with Crippen molar-refractivity contribution in [2.24, 2.45) is 0 Å². The molecule has 3 aromatic rings. The summed E-state index contributed by atoms with van der Waals surface area (Å²) in [6, 6.07) is 10.4. The van der Waals surface area contributed by atoms with Crippen LogP contribution in [0.15, 0.2) is 43.0 Å². The number of imidazole rings is 1. The molecule has 124 valence electrons. The summed E-state index contributed by atoms with van der Waals surface area (Å²) in [5.74, 6) is 1.30. The van der Waals surface area contributed by atoms with Crippen molar-refractivity contribution in [3.8, 4) is 11.3 Å². The fourth-order valence-corrected chi connectivity index (χ4v) is 3.41. The van der Waals surface area contributed by atoms with Gasteiger partial charge >= 0.3 is 0 Å². The Bertz CT molecular complexity index is 758. The monoisotopic (exact) mass is 323 g/mol. The number of ether oxygens (including phenoxy) is 1. The van der Waals surface area contributed by atoms with E-state index in [1.807, 2.05) is 12.4 Å². The first kappa shape index (κ1) is 15.1. The Kier molecular flexibility index (Phi) is 4.38. The van der Waals surface area contributed by atoms with Crippen LogP contribution in [0.4, 0.5) is 0 Å². The van der Waals surface area contributed by atoms with Gasteiger partial charge in [-0.05, 0) is 19.3 Å². The SMILES string of the molecule is c1ccc(-c2ncn(Cc3ncn[nH]3)c2C2CCCOCC2)cc1. The second kappa shape index (κ2) is 6.97. The van der Waals surface area contributed by atoms with Gasteiger partial charge in [0.1, 0.15) is 12.2 Å². The first-order chi connectivity index (χ1) is 11.9. The lowest BCUT2D eigenvalue weighted by molar-refractivity contribution is 0.143. The maximum Gasteiger partial charge on any atom is 0.144 e. The number of hydrogen-bond acceptors (Lipinski definition) is 4. The van der Waals surface area contributed by atoms with Crippen LogP contribution in [0.2, 0.25) is 0 Å². The highest BCUT2D eigenvalue weighted by atomic mass is 16.5. The smallest absolute Gasteiger partial charge is 0.144 e. The molecule has 1 saturated heterocycles. The molecule has 1 fully saturated rings. The molecule has 0 bridgehead atoms. The molecule has 1 unspecified atom stereocenters. The molecule has 2 aromatic heterocycles. The number of hydrogen-bond donors (Lipinski definition) is 1. The minimum absolute atomic E-state index is 0.452. The van der Waals surface area contributed by atoms with Gasteiger partial charge in [-0.15, -0.1) is 0 Å². The summed E-state index contributed by atoms with van der Waals surface area (Å²) in [6.07, 6.45) is 6.71. The quantitative estimate of drug-likeness (QED) is 0.801. The highest BCUT2D eigenvalue weighted by Crippen LogP contribution is 2.34. The Hall–Kier alpha value is -2.47. The van der Waals surface area contributed by atoms with Crippen molar-refractivity contribution < 1.29 is 4.74 Å². The van der Waals surface area contributed by atoms with E-state index in [0.717, 1.165) is 49.6 Å². The van der Waals surface area contributed by atoms with Crippen LogP contribution in [0.1, 0.15) is 36.7 Å². The Balaban J connectivity index is 1.74. The Morgan fingerprint density at radius 2 is 2.04 bits per heavy atom. The Morgan fingerprint density at radius 3 is 2.88 bits per heavy atom. The van der Waals surface area contributed by atoms with E-state index in [0.29, 0.717) is 12.5 Å². The van der Waals surface area contributed by atoms with E-state index < -0.39 is 0 Å². The van der Waals surface area contributed by atoms with Crippen molar-refractivity contribution in [1.82, 2.24) is 24.7 Å². The molecule has 0 aliphatic carbocycles. The average Bonchev–Trinajstić information content (AvgIpc) is 3.20. The largest absolute Gasteiger partial charge is 0.381 e. The first-order valence-electron chi connectivity index (χ1n) is 8.44. The molecular formula is C18H21N5O. The van der Waals surface area contributed by atoms with Gasteiger partial charge in [0.15, 0.2) is 0 Å². The molecule has 1 aliphatic rings. The van der Waals surface area contributed by atoms with Crippen molar-refractivity contribution in [3.63, 3.8) is 0 Å². The van der Waals surface area contributed by atoms with E-state index in [1.165, 1.54) is 5.69 Å². The van der Waals surface area contributed by atoms with E-state index in [1.54, 1.807) is 6.33 Å². The van der Waals surface area contributed by atoms with Crippen molar-refractivity contribution >= 4 is 0 Å². The van der Waals surface area contributed by atoms with Crippen molar-refractivity contribution in [2.45, 2.75) is 31.7 Å². The summed E-state index contributed by atoms with van der Waals surface area (Å²) in [5.41, 5.74) is 3.51. The summed E-state index contributed by atoms with van der Waals surface area (Å²) in [4.78, 5) is 8.99. The molecular weight excluding hydrogens is 302 g/mol. The Morgan fingerprint density at radius 1 is 1.12 bits per heavy atom. The van der Waals surface area contributed by atoms with Crippen LogP contribution in [0, 0.1) is 0 Å². The number of nitrogens with zero attached hydrogens (tertiary/aromatic N) is 4. The summed E-state index contributed by atoms with van der Waals surface area (Å²) in [5, 5.41) is 6.89. The zero-order chi connectivity index (χ0) is 16.2. The van der Waals surface area contributed by atoms with Gasteiger partial charge in [0, 0.05) is 30.4 Å². The molecule has 0 radical (unpaired) electrons. The maximum absolute atomic E-state index is 5.66. The van der Waals surface area contributed by atoms with Gasteiger partial charge in [-0.2, -0.15) is 5.10 Å². The molecule has 6 heteroatoms. The number of nitrogens with one attached hydrogen (secondary N) is 1. The lowest BCUT2D eigenvalue weighted by Gasteiger charge is -2.18. The molecule has 6 nitrogen and oxygen atoms in total. The van der Waals surface area contributed by atoms with Crippen LogP contribution in [0.3, 0.4) is 0 Å². The van der Waals surface area contributed by atoms with Gasteiger partial charge in [-0.3, -0.25) is 5.10 Å². The number of H-pyrrole nitrogens is 1. The Labute approximate surface area is 140 Å². The summed E-state index contributed by atoms with van der Waals surface area (Å²) in [6.45, 7) is 2.33. The normalized spacial score (nSPS) is 18.4. The second-order valence-electron chi connectivity index (χ2n) is 6.14. The first-order valence-corrected chi connectivity index (χ1v) is 8.44. The van der Waals surface area contributed by atoms with Crippen molar-refractivity contribution in [2.75, 3.05) is 13.2 Å². The molecule has 0 saturated carbocycles. The number of rotatable bonds is 4. The van der Waals surface area contributed by atoms with Gasteiger partial charge in [0.05, 0.1) is 18.6 Å². The zero-order valence-electron chi connectivity index (χ0n) is 13.6. The molecule has 24 heavy (non-hydrogen) atoms. The third-order valence-corrected chi connectivity index (χ3v) is 4.55. The third kappa shape index (κ3) is 3.10. The van der Waals surface area contributed by atoms with Crippen LogP contribution in [-0.2, 0) is 11.3 Å². The van der Waals surface area contributed by atoms with Crippen LogP contribution in [0.5, 0.6) is 0 Å². The standard InChI is InChI=1S/C18H21N5O/c1-2-5-14(6-3-1)17-18(15-7-4-9-24-10-8-15)23(13-20-17)11-16-19-12-21-22-16/h1-3,5-6,12-13,15H,4,7-11H2,(H,19,21,22). The van der Waals surface area contributed by atoms with E-state index in [9.17, 15) is 0 Å². The molecule has 1 aliphatic heterocycles. The van der Waals surface area contributed by atoms with Gasteiger partial charge < -0.3 is 9.30 Å². The van der Waals surface area contributed by atoms with E-state index >= 15 is 0 Å². The summed E-state index contributed by atoms with van der Waals surface area (Å²) in [7, 11) is 0. The van der Waals surface area contributed by atoms with Gasteiger partial charge in [-0.25, -0.2) is 9.97 Å². The van der Waals surface area contributed by atoms with Crippen molar-refractivity contribution in [3.05, 3.63) is 54.5 Å². The minimum atomic E-state index is 0.452. The maximum atomic E-state index is 5.66. The lowest BCUT2D eigenvalue weighted by Crippen LogP contribution is -2.11. The van der Waals surface area contributed by atoms with E-state index in [4.69, 9.17) is 9.72 Å². The fourth-order valence-electron chi connectivity index (χ4n) is 3.41. The van der Waals surface area contributed by atoms with E-state index in [2.05, 4.69) is 44.0 Å². The highest BCUT2D eigenvalue weighted by Gasteiger charge is 2.24. The van der Waals surface area contributed by atoms with Crippen LogP contribution in [0.25, 0.3) is 11.3 Å². The molecule has 4 rings (SSSR count). The zero-order valence-corrected chi connectivity index (χ0v) is 13.6. The molecule has 3 heterocycles. The third-order valence-electron chi connectivity index (χ3n) is 4.55. The summed E-state index contributed by atoms with van der Waals surface area (Å²) >= 11 is 0. The van der Waals surface area contributed by atoms with Crippen LogP contribution in [-0.4, -0.2) is 37.9 Å². The minimum Gasteiger partial charge on any atom is -0.381 e. The average molecular weight is 323 g/mol. The van der Waals surface area contributed by atoms with Gasteiger partial charge in [0.2, 0.25) is 0 Å². The highest BCUT2D eigenvalue weighted by molar-refractivity contribution is 5.62. The van der Waals surface area contributed by atoms with E-state index in [-0.39, 0.29) is 0 Å². The molecule has 1 atom stereocenters. The predicted octanol–water partition coefficient (Wildman–Crippen LogP) is 3.00. The van der Waals surface area contributed by atoms with Gasteiger partial charge in [-0.1, -0.05) is 30.3 Å². The number of benzene rings is 1. The molecule has 1 N–H and O–H groups in total. The predicted molar refractivity (Wildman–Crippen MR) is 90.6 cm³/mol. The van der Waals surface area contributed by atoms with Crippen LogP contribution >= 0.6 is 0 Å². The van der Waals surface area contributed by atoms with Crippen LogP contribution < -0.4 is 0 Å². The lowest BCUT2D eigenvalue weighted by atomic mass is 9.93. The number of aromatic nitrogens is 5. The molecule has 0 spiro atoms. The topological polar surface area (TPSA) is 68.6 Å². The van der Waals surface area contributed by atoms with Crippen molar-refractivity contribution in [1.29, 1.82) is 0 Å². The van der Waals surface area contributed by atoms with Gasteiger partial charge in [0.25, 0.3) is 0 Å². The second-order valence-corrected chi connectivity index (χ2v) is 6.14. The fraction of sp³-hybridized carbons (Fsp3) is 0.389. The molecule has 1 aromatic carbocycles. The number of aromatic amines is 1.